The fourth-order valence-corrected chi connectivity index (χ4v) is 2.50. The van der Waals surface area contributed by atoms with Crippen LogP contribution in [0.4, 0.5) is 5.69 Å². The molecule has 0 bridgehead atoms. The minimum Gasteiger partial charge on any atom is -0.483 e. The van der Waals surface area contributed by atoms with Crippen LogP contribution in [0.3, 0.4) is 0 Å². The molecule has 0 unspecified atom stereocenters. The van der Waals surface area contributed by atoms with Gasteiger partial charge in [-0.1, -0.05) is 42.5 Å². The van der Waals surface area contributed by atoms with Gasteiger partial charge in [-0.15, -0.1) is 0 Å². The van der Waals surface area contributed by atoms with Crippen LogP contribution in [0.15, 0.2) is 66.7 Å². The Morgan fingerprint density at radius 2 is 1.72 bits per heavy atom. The molecule has 0 spiro atoms. The molecule has 0 saturated heterocycles. The second-order valence-corrected chi connectivity index (χ2v) is 5.39. The van der Waals surface area contributed by atoms with Gasteiger partial charge in [0.2, 0.25) is 0 Å². The molecule has 5 heteroatoms. The number of ether oxygens (including phenoxy) is 2. The van der Waals surface area contributed by atoms with Gasteiger partial charge in [0.15, 0.2) is 6.61 Å². The summed E-state index contributed by atoms with van der Waals surface area (Å²) in [5.74, 6) is -0.116. The van der Waals surface area contributed by atoms with E-state index in [4.69, 9.17) is 4.74 Å². The third kappa shape index (κ3) is 3.95. The molecule has 3 aromatic carbocycles. The van der Waals surface area contributed by atoms with Crippen molar-refractivity contribution in [3.63, 3.8) is 0 Å². The van der Waals surface area contributed by atoms with Crippen LogP contribution in [0.2, 0.25) is 0 Å². The Morgan fingerprint density at radius 3 is 2.56 bits per heavy atom. The standard InChI is InChI=1S/C20H17NO4/c1-24-20(23)15-8-4-9-16(12-15)21-19(22)13-25-18-11-5-7-14-6-2-3-10-17(14)18/h2-12H,13H2,1H3,(H,21,22). The Hall–Kier alpha value is -3.34. The summed E-state index contributed by atoms with van der Waals surface area (Å²) in [7, 11) is 1.31. The highest BCUT2D eigenvalue weighted by atomic mass is 16.5. The number of amides is 1. The smallest absolute Gasteiger partial charge is 0.337 e. The minimum absolute atomic E-state index is 0.129. The Balaban J connectivity index is 1.66. The van der Waals surface area contributed by atoms with Gasteiger partial charge in [0.25, 0.3) is 5.91 Å². The molecule has 1 N–H and O–H groups in total. The number of anilines is 1. The van der Waals surface area contributed by atoms with Gasteiger partial charge in [0.05, 0.1) is 12.7 Å². The molecular weight excluding hydrogens is 318 g/mol. The third-order valence-corrected chi connectivity index (χ3v) is 3.68. The van der Waals surface area contributed by atoms with E-state index >= 15 is 0 Å². The number of methoxy groups -OCH3 is 1. The molecule has 0 radical (unpaired) electrons. The number of hydrogen-bond acceptors (Lipinski definition) is 4. The number of carbonyl (C=O) groups is 2. The highest BCUT2D eigenvalue weighted by Crippen LogP contribution is 2.25. The Kier molecular flexibility index (Phi) is 4.95. The van der Waals surface area contributed by atoms with Crippen LogP contribution in [-0.2, 0) is 9.53 Å². The monoisotopic (exact) mass is 335 g/mol. The van der Waals surface area contributed by atoms with Gasteiger partial charge in [-0.25, -0.2) is 4.79 Å². The summed E-state index contributed by atoms with van der Waals surface area (Å²) in [5.41, 5.74) is 0.879. The number of nitrogens with one attached hydrogen (secondary N) is 1. The van der Waals surface area contributed by atoms with Crippen LogP contribution in [0, 0.1) is 0 Å². The zero-order valence-corrected chi connectivity index (χ0v) is 13.7. The summed E-state index contributed by atoms with van der Waals surface area (Å²) in [5, 5.41) is 4.70. The molecule has 126 valence electrons. The van der Waals surface area contributed by atoms with E-state index in [1.807, 2.05) is 42.5 Å². The summed E-state index contributed by atoms with van der Waals surface area (Å²) >= 11 is 0. The fraction of sp³-hybridized carbons (Fsp3) is 0.100. The molecule has 3 rings (SSSR count). The summed E-state index contributed by atoms with van der Waals surface area (Å²) in [6.45, 7) is -0.129. The quantitative estimate of drug-likeness (QED) is 0.723. The predicted molar refractivity (Wildman–Crippen MR) is 95.9 cm³/mol. The normalized spacial score (nSPS) is 10.3. The van der Waals surface area contributed by atoms with Crippen molar-refractivity contribution in [3.05, 3.63) is 72.3 Å². The maximum Gasteiger partial charge on any atom is 0.337 e. The molecule has 0 fully saturated rings. The number of hydrogen-bond donors (Lipinski definition) is 1. The SMILES string of the molecule is COC(=O)c1cccc(NC(=O)COc2cccc3ccccc23)c1. The van der Waals surface area contributed by atoms with Crippen molar-refractivity contribution in [2.75, 3.05) is 19.0 Å². The summed E-state index contributed by atoms with van der Waals surface area (Å²) in [4.78, 5) is 23.6. The topological polar surface area (TPSA) is 64.6 Å². The van der Waals surface area contributed by atoms with E-state index in [-0.39, 0.29) is 12.5 Å². The first kappa shape index (κ1) is 16.5. The lowest BCUT2D eigenvalue weighted by Gasteiger charge is -2.10. The van der Waals surface area contributed by atoms with Crippen LogP contribution < -0.4 is 10.1 Å². The number of rotatable bonds is 5. The summed E-state index contributed by atoms with van der Waals surface area (Å²) in [6, 6.07) is 20.1. The lowest BCUT2D eigenvalue weighted by Crippen LogP contribution is -2.20. The second-order valence-electron chi connectivity index (χ2n) is 5.39. The van der Waals surface area contributed by atoms with Gasteiger partial charge in [0, 0.05) is 11.1 Å². The predicted octanol–water partition coefficient (Wildman–Crippen LogP) is 3.64. The van der Waals surface area contributed by atoms with Crippen LogP contribution in [0.25, 0.3) is 10.8 Å². The van der Waals surface area contributed by atoms with Crippen LogP contribution >= 0.6 is 0 Å². The van der Waals surface area contributed by atoms with Crippen LogP contribution in [-0.4, -0.2) is 25.6 Å². The highest BCUT2D eigenvalue weighted by molar-refractivity contribution is 5.95. The van der Waals surface area contributed by atoms with Crippen molar-refractivity contribution < 1.29 is 19.1 Å². The van der Waals surface area contributed by atoms with Gasteiger partial charge < -0.3 is 14.8 Å². The Morgan fingerprint density at radius 1 is 0.960 bits per heavy atom. The van der Waals surface area contributed by atoms with Gasteiger partial charge >= 0.3 is 5.97 Å². The van der Waals surface area contributed by atoms with Gasteiger partial charge in [0.1, 0.15) is 5.75 Å². The molecule has 0 aliphatic rings. The van der Waals surface area contributed by atoms with E-state index in [0.29, 0.717) is 17.0 Å². The Bertz CT molecular complexity index is 915. The van der Waals surface area contributed by atoms with E-state index in [1.54, 1.807) is 24.3 Å². The van der Waals surface area contributed by atoms with E-state index in [2.05, 4.69) is 10.1 Å². The van der Waals surface area contributed by atoms with Crippen molar-refractivity contribution in [2.24, 2.45) is 0 Å². The Labute approximate surface area is 145 Å². The highest BCUT2D eigenvalue weighted by Gasteiger charge is 2.09. The number of fused-ring (bicyclic) bond motifs is 1. The molecule has 0 aliphatic carbocycles. The van der Waals surface area contributed by atoms with Gasteiger partial charge in [-0.2, -0.15) is 0 Å². The van der Waals surface area contributed by atoms with Crippen molar-refractivity contribution in [1.82, 2.24) is 0 Å². The van der Waals surface area contributed by atoms with E-state index < -0.39 is 5.97 Å². The largest absolute Gasteiger partial charge is 0.483 e. The lowest BCUT2D eigenvalue weighted by atomic mass is 10.1. The molecule has 0 heterocycles. The van der Waals surface area contributed by atoms with Crippen LogP contribution in [0.5, 0.6) is 5.75 Å². The number of esters is 1. The minimum atomic E-state index is -0.455. The molecule has 0 aromatic heterocycles. The van der Waals surface area contributed by atoms with Crippen molar-refractivity contribution in [3.8, 4) is 5.75 Å². The summed E-state index contributed by atoms with van der Waals surface area (Å²) in [6.07, 6.45) is 0. The van der Waals surface area contributed by atoms with E-state index in [0.717, 1.165) is 10.8 Å². The fourth-order valence-electron chi connectivity index (χ4n) is 2.50. The molecule has 0 aliphatic heterocycles. The molecule has 0 atom stereocenters. The van der Waals surface area contributed by atoms with Gasteiger partial charge in [-0.05, 0) is 29.7 Å². The molecule has 5 nitrogen and oxygen atoms in total. The number of benzene rings is 3. The van der Waals surface area contributed by atoms with Crippen LogP contribution in [0.1, 0.15) is 10.4 Å². The maximum absolute atomic E-state index is 12.1. The average Bonchev–Trinajstić information content (AvgIpc) is 2.66. The molecular formula is C20H17NO4. The lowest BCUT2D eigenvalue weighted by molar-refractivity contribution is -0.118. The molecule has 3 aromatic rings. The van der Waals surface area contributed by atoms with Crippen molar-refractivity contribution >= 4 is 28.3 Å². The zero-order valence-electron chi connectivity index (χ0n) is 13.7. The average molecular weight is 335 g/mol. The molecule has 0 saturated carbocycles. The van der Waals surface area contributed by atoms with Crippen molar-refractivity contribution in [2.45, 2.75) is 0 Å². The van der Waals surface area contributed by atoms with E-state index in [9.17, 15) is 9.59 Å². The van der Waals surface area contributed by atoms with Gasteiger partial charge in [-0.3, -0.25) is 4.79 Å². The van der Waals surface area contributed by atoms with E-state index in [1.165, 1.54) is 7.11 Å². The second kappa shape index (κ2) is 7.49. The first-order chi connectivity index (χ1) is 12.2. The third-order valence-electron chi connectivity index (χ3n) is 3.68. The van der Waals surface area contributed by atoms with Crippen molar-refractivity contribution in [1.29, 1.82) is 0 Å². The first-order valence-electron chi connectivity index (χ1n) is 7.76. The summed E-state index contributed by atoms with van der Waals surface area (Å²) < 4.78 is 10.3. The first-order valence-corrected chi connectivity index (χ1v) is 7.76. The molecule has 1 amide bonds. The zero-order chi connectivity index (χ0) is 17.6. The maximum atomic E-state index is 12.1. The number of carbonyl (C=O) groups excluding carboxylic acids is 2. The molecule has 25 heavy (non-hydrogen) atoms.